The Labute approximate surface area is 164 Å². The van der Waals surface area contributed by atoms with Crippen LogP contribution < -0.4 is 15.8 Å². The maximum absolute atomic E-state index is 12.6. The smallest absolute Gasteiger partial charge is 0.335 e. The fourth-order valence-corrected chi connectivity index (χ4v) is 3.53. The van der Waals surface area contributed by atoms with Crippen LogP contribution in [0.5, 0.6) is 0 Å². The number of nitrogens with zero attached hydrogens (tertiary/aromatic N) is 1. The summed E-state index contributed by atoms with van der Waals surface area (Å²) in [4.78, 5) is 27.9. The molecule has 0 amide bonds. The first-order valence-corrected chi connectivity index (χ1v) is 9.75. The van der Waals surface area contributed by atoms with Gasteiger partial charge in [-0.3, -0.25) is 9.52 Å². The second-order valence-corrected chi connectivity index (χ2v) is 7.25. The minimum atomic E-state index is -2.74. The van der Waals surface area contributed by atoms with E-state index in [9.17, 15) is 18.0 Å². The number of hydrogen-bond donors (Lipinski definition) is 5. The van der Waals surface area contributed by atoms with Gasteiger partial charge in [-0.2, -0.15) is 0 Å². The predicted octanol–water partition coefficient (Wildman–Crippen LogP) is 2.34. The Morgan fingerprint density at radius 2 is 1.54 bits per heavy atom. The van der Waals surface area contributed by atoms with E-state index in [4.69, 9.17) is 10.8 Å². The lowest BCUT2D eigenvalue weighted by Gasteiger charge is -2.03. The summed E-state index contributed by atoms with van der Waals surface area (Å²) >= 11 is 1.06. The van der Waals surface area contributed by atoms with Crippen LogP contribution in [0.25, 0.3) is 0 Å². The second-order valence-electron chi connectivity index (χ2n) is 5.52. The molecule has 1 heterocycles. The Hall–Kier alpha value is -3.44. The minimum Gasteiger partial charge on any atom is -0.478 e. The Bertz CT molecular complexity index is 1100. The fourth-order valence-electron chi connectivity index (χ4n) is 2.30. The van der Waals surface area contributed by atoms with Gasteiger partial charge in [0, 0.05) is 16.9 Å². The van der Waals surface area contributed by atoms with Crippen LogP contribution in [-0.4, -0.2) is 30.3 Å². The van der Waals surface area contributed by atoms with Crippen molar-refractivity contribution >= 4 is 56.3 Å². The summed E-state index contributed by atoms with van der Waals surface area (Å²) in [6.07, 6.45) is 0. The molecule has 0 saturated heterocycles. The highest BCUT2D eigenvalue weighted by molar-refractivity contribution is 7.73. The summed E-state index contributed by atoms with van der Waals surface area (Å²) in [5.74, 6) is -1.38. The lowest BCUT2D eigenvalue weighted by atomic mass is 10.1. The normalized spacial score (nSPS) is 10.6. The maximum Gasteiger partial charge on any atom is 0.335 e. The average Bonchev–Trinajstić information content (AvgIpc) is 3.02. The zero-order chi connectivity index (χ0) is 20.3. The van der Waals surface area contributed by atoms with Crippen LogP contribution in [0.4, 0.5) is 22.3 Å². The molecule has 0 radical (unpaired) electrons. The number of carbonyl (C=O) groups excluding carboxylic acids is 1. The molecule has 0 bridgehead atoms. The number of nitrogens with two attached hydrogens (primary N) is 1. The van der Waals surface area contributed by atoms with E-state index in [0.717, 1.165) is 11.3 Å². The van der Waals surface area contributed by atoms with Crippen molar-refractivity contribution in [3.05, 3.63) is 64.5 Å². The van der Waals surface area contributed by atoms with Crippen LogP contribution in [0.2, 0.25) is 0 Å². The molecule has 28 heavy (non-hydrogen) atoms. The highest BCUT2D eigenvalue weighted by Crippen LogP contribution is 2.30. The molecule has 9 nitrogen and oxygen atoms in total. The van der Waals surface area contributed by atoms with Crippen molar-refractivity contribution in [2.24, 2.45) is 0 Å². The van der Waals surface area contributed by atoms with Crippen LogP contribution >= 0.6 is 11.3 Å². The van der Waals surface area contributed by atoms with E-state index in [1.165, 1.54) is 24.3 Å². The van der Waals surface area contributed by atoms with Gasteiger partial charge >= 0.3 is 5.97 Å². The number of carbonyl (C=O) groups is 2. The SMILES string of the molecule is Nc1nc(Nc2ccc(N[SH](=O)=O)cc2)sc1C(=O)c1ccc(C(=O)O)cc1. The van der Waals surface area contributed by atoms with E-state index in [2.05, 4.69) is 15.0 Å². The van der Waals surface area contributed by atoms with Gasteiger partial charge < -0.3 is 16.2 Å². The van der Waals surface area contributed by atoms with Crippen LogP contribution in [0, 0.1) is 0 Å². The number of hydrogen-bond acceptors (Lipinski definition) is 8. The van der Waals surface area contributed by atoms with E-state index in [0.29, 0.717) is 22.1 Å². The summed E-state index contributed by atoms with van der Waals surface area (Å²) in [5.41, 5.74) is 7.28. The van der Waals surface area contributed by atoms with E-state index in [1.54, 1.807) is 24.3 Å². The van der Waals surface area contributed by atoms with Crippen LogP contribution in [0.15, 0.2) is 48.5 Å². The molecule has 11 heteroatoms. The van der Waals surface area contributed by atoms with E-state index >= 15 is 0 Å². The van der Waals surface area contributed by atoms with Gasteiger partial charge in [-0.1, -0.05) is 23.5 Å². The summed E-state index contributed by atoms with van der Waals surface area (Å²) in [5, 5.41) is 12.3. The van der Waals surface area contributed by atoms with Gasteiger partial charge in [0.25, 0.3) is 0 Å². The molecule has 0 saturated carbocycles. The quantitative estimate of drug-likeness (QED) is 0.290. The zero-order valence-electron chi connectivity index (χ0n) is 14.1. The fraction of sp³-hybridized carbons (Fsp3) is 0. The minimum absolute atomic E-state index is 0.0569. The molecule has 0 fully saturated rings. The topological polar surface area (TPSA) is 151 Å². The molecule has 3 rings (SSSR count). The highest BCUT2D eigenvalue weighted by Gasteiger charge is 2.18. The average molecular weight is 418 g/mol. The number of ketones is 1. The van der Waals surface area contributed by atoms with Gasteiger partial charge in [-0.05, 0) is 36.4 Å². The summed E-state index contributed by atoms with van der Waals surface area (Å²) in [6, 6.07) is 12.0. The first-order valence-electron chi connectivity index (χ1n) is 7.76. The number of aromatic nitrogens is 1. The molecule has 0 aliphatic rings. The molecule has 5 N–H and O–H groups in total. The van der Waals surface area contributed by atoms with Crippen molar-refractivity contribution in [2.45, 2.75) is 0 Å². The Morgan fingerprint density at radius 1 is 0.964 bits per heavy atom. The number of nitrogens with one attached hydrogen (secondary N) is 2. The molecular weight excluding hydrogens is 404 g/mol. The van der Waals surface area contributed by atoms with Crippen molar-refractivity contribution < 1.29 is 23.1 Å². The van der Waals surface area contributed by atoms with Gasteiger partial charge in [-0.15, -0.1) is 0 Å². The largest absolute Gasteiger partial charge is 0.478 e. The monoisotopic (exact) mass is 418 g/mol. The molecule has 0 atom stereocenters. The number of aromatic carboxylic acids is 1. The van der Waals surface area contributed by atoms with Crippen molar-refractivity contribution in [1.82, 2.24) is 4.98 Å². The molecule has 0 aliphatic carbocycles. The lowest BCUT2D eigenvalue weighted by molar-refractivity contribution is 0.0696. The number of carboxylic acid groups (broad SMARTS) is 1. The number of benzene rings is 2. The Kier molecular flexibility index (Phi) is 5.57. The summed E-state index contributed by atoms with van der Waals surface area (Å²) in [7, 11) is -2.74. The number of anilines is 4. The molecule has 2 aromatic carbocycles. The van der Waals surface area contributed by atoms with Gasteiger partial charge in [0.05, 0.1) is 5.56 Å². The van der Waals surface area contributed by atoms with E-state index in [-0.39, 0.29) is 22.0 Å². The maximum atomic E-state index is 12.6. The van der Waals surface area contributed by atoms with Crippen molar-refractivity contribution in [1.29, 1.82) is 0 Å². The number of thiol groups is 1. The van der Waals surface area contributed by atoms with Crippen LogP contribution in [0.1, 0.15) is 25.6 Å². The molecule has 144 valence electrons. The zero-order valence-corrected chi connectivity index (χ0v) is 15.8. The van der Waals surface area contributed by atoms with Crippen molar-refractivity contribution in [3.8, 4) is 0 Å². The highest BCUT2D eigenvalue weighted by atomic mass is 32.2. The third kappa shape index (κ3) is 4.45. The molecule has 3 aromatic rings. The first kappa shape index (κ1) is 19.3. The molecular formula is C17H14N4O5S2. The van der Waals surface area contributed by atoms with Crippen molar-refractivity contribution in [2.75, 3.05) is 15.8 Å². The standard InChI is InChI=1S/C17H14N4O5S2/c18-15-14(13(22)9-1-3-10(4-2-9)16(23)24)27-17(20-15)19-11-5-7-12(8-6-11)21-28(25)26/h1-8,28H,18H2,(H,19,20)(H,23,24)(H,21,25,26). The van der Waals surface area contributed by atoms with Crippen LogP contribution in [0.3, 0.4) is 0 Å². The number of carboxylic acids is 1. The van der Waals surface area contributed by atoms with Gasteiger partial charge in [0.1, 0.15) is 10.7 Å². The van der Waals surface area contributed by atoms with Crippen LogP contribution in [-0.2, 0) is 10.9 Å². The second kappa shape index (κ2) is 8.06. The molecule has 0 aliphatic heterocycles. The van der Waals surface area contributed by atoms with E-state index < -0.39 is 16.9 Å². The molecule has 1 aromatic heterocycles. The Balaban J connectivity index is 1.77. The lowest BCUT2D eigenvalue weighted by Crippen LogP contribution is -2.03. The Morgan fingerprint density at radius 3 is 2.11 bits per heavy atom. The molecule has 0 unspecified atom stereocenters. The van der Waals surface area contributed by atoms with Gasteiger partial charge in [-0.25, -0.2) is 18.2 Å². The molecule has 0 spiro atoms. The first-order chi connectivity index (χ1) is 13.3. The number of thiazole rings is 1. The van der Waals surface area contributed by atoms with Gasteiger partial charge in [0.15, 0.2) is 5.13 Å². The summed E-state index contributed by atoms with van der Waals surface area (Å²) in [6.45, 7) is 0. The predicted molar refractivity (Wildman–Crippen MR) is 107 cm³/mol. The number of rotatable bonds is 7. The van der Waals surface area contributed by atoms with Gasteiger partial charge in [0.2, 0.25) is 16.7 Å². The summed E-state index contributed by atoms with van der Waals surface area (Å²) < 4.78 is 23.6. The third-order valence-corrected chi connectivity index (χ3v) is 5.04. The van der Waals surface area contributed by atoms with E-state index in [1.807, 2.05) is 0 Å². The third-order valence-electron chi connectivity index (χ3n) is 3.61. The number of nitrogen functional groups attached to an aromatic ring is 1. The van der Waals surface area contributed by atoms with Crippen molar-refractivity contribution in [3.63, 3.8) is 0 Å².